The normalized spacial score (nSPS) is 19.9. The standard InChI is InChI=1S/C16H20N2O4S/c1-11-10-18(8-9-21-11)23(19,20)15-6-4-14(5-7-15)16-12(2)22-13(3)17-16/h4-7,11H,8-10H2,1-3H3. The number of aromatic nitrogens is 1. The molecule has 0 amide bonds. The highest BCUT2D eigenvalue weighted by Gasteiger charge is 2.29. The second-order valence-electron chi connectivity index (χ2n) is 5.71. The van der Waals surface area contributed by atoms with Crippen LogP contribution in [0, 0.1) is 13.8 Å². The molecule has 1 aliphatic rings. The number of ether oxygens (including phenoxy) is 1. The SMILES string of the molecule is Cc1nc(-c2ccc(S(=O)(=O)N3CCOC(C)C3)cc2)c(C)o1. The lowest BCUT2D eigenvalue weighted by molar-refractivity contribution is 0.0102. The van der Waals surface area contributed by atoms with Crippen LogP contribution in [-0.4, -0.2) is 43.5 Å². The van der Waals surface area contributed by atoms with Gasteiger partial charge in [0.05, 0.1) is 17.6 Å². The van der Waals surface area contributed by atoms with Gasteiger partial charge in [0, 0.05) is 25.6 Å². The molecule has 3 rings (SSSR count). The fourth-order valence-electron chi connectivity index (χ4n) is 2.74. The van der Waals surface area contributed by atoms with Crippen LogP contribution in [0.2, 0.25) is 0 Å². The maximum absolute atomic E-state index is 12.7. The van der Waals surface area contributed by atoms with Crippen molar-refractivity contribution in [2.24, 2.45) is 0 Å². The molecule has 0 aliphatic carbocycles. The minimum absolute atomic E-state index is 0.0847. The van der Waals surface area contributed by atoms with Gasteiger partial charge in [-0.05, 0) is 26.0 Å². The number of oxazole rings is 1. The van der Waals surface area contributed by atoms with Gasteiger partial charge in [0.25, 0.3) is 0 Å². The molecule has 124 valence electrons. The lowest BCUT2D eigenvalue weighted by Crippen LogP contribution is -2.44. The van der Waals surface area contributed by atoms with Crippen LogP contribution in [0.3, 0.4) is 0 Å². The van der Waals surface area contributed by atoms with Crippen LogP contribution in [0.5, 0.6) is 0 Å². The Morgan fingerprint density at radius 2 is 1.91 bits per heavy atom. The second kappa shape index (κ2) is 6.07. The second-order valence-corrected chi connectivity index (χ2v) is 7.64. The molecule has 1 fully saturated rings. The van der Waals surface area contributed by atoms with Crippen molar-refractivity contribution >= 4 is 10.0 Å². The molecule has 6 nitrogen and oxygen atoms in total. The van der Waals surface area contributed by atoms with Crippen molar-refractivity contribution in [2.45, 2.75) is 31.8 Å². The van der Waals surface area contributed by atoms with Crippen molar-refractivity contribution < 1.29 is 17.6 Å². The Bertz CT molecular complexity index is 796. The highest BCUT2D eigenvalue weighted by atomic mass is 32.2. The van der Waals surface area contributed by atoms with E-state index >= 15 is 0 Å². The van der Waals surface area contributed by atoms with Crippen molar-refractivity contribution in [1.82, 2.24) is 9.29 Å². The molecule has 7 heteroatoms. The summed E-state index contributed by atoms with van der Waals surface area (Å²) in [6.07, 6.45) is -0.0847. The maximum Gasteiger partial charge on any atom is 0.243 e. The molecular formula is C16H20N2O4S. The van der Waals surface area contributed by atoms with Crippen molar-refractivity contribution in [3.05, 3.63) is 35.9 Å². The van der Waals surface area contributed by atoms with E-state index in [0.717, 1.165) is 17.0 Å². The average molecular weight is 336 g/mol. The summed E-state index contributed by atoms with van der Waals surface area (Å²) in [7, 11) is -3.49. The molecule has 0 N–H and O–H groups in total. The minimum atomic E-state index is -3.49. The van der Waals surface area contributed by atoms with Crippen molar-refractivity contribution in [3.63, 3.8) is 0 Å². The third-order valence-electron chi connectivity index (χ3n) is 3.87. The molecule has 1 aromatic carbocycles. The first-order valence-electron chi connectivity index (χ1n) is 7.54. The van der Waals surface area contributed by atoms with E-state index in [9.17, 15) is 8.42 Å². The Balaban J connectivity index is 1.88. The molecule has 1 aromatic heterocycles. The van der Waals surface area contributed by atoms with Gasteiger partial charge in [-0.25, -0.2) is 13.4 Å². The Labute approximate surface area is 136 Å². The number of hydrogen-bond donors (Lipinski definition) is 0. The molecule has 2 aromatic rings. The molecule has 0 bridgehead atoms. The first kappa shape index (κ1) is 16.2. The first-order chi connectivity index (χ1) is 10.9. The largest absolute Gasteiger partial charge is 0.446 e. The monoisotopic (exact) mass is 336 g/mol. The smallest absolute Gasteiger partial charge is 0.243 e. The maximum atomic E-state index is 12.7. The summed E-state index contributed by atoms with van der Waals surface area (Å²) < 4.78 is 37.7. The van der Waals surface area contributed by atoms with Crippen LogP contribution in [0.15, 0.2) is 33.6 Å². The van der Waals surface area contributed by atoms with E-state index in [2.05, 4.69) is 4.98 Å². The van der Waals surface area contributed by atoms with Crippen LogP contribution in [0.1, 0.15) is 18.6 Å². The van der Waals surface area contributed by atoms with E-state index < -0.39 is 10.0 Å². The zero-order chi connectivity index (χ0) is 16.6. The number of nitrogens with zero attached hydrogens (tertiary/aromatic N) is 2. The number of morpholine rings is 1. The van der Waals surface area contributed by atoms with Crippen molar-refractivity contribution in [2.75, 3.05) is 19.7 Å². The molecule has 23 heavy (non-hydrogen) atoms. The topological polar surface area (TPSA) is 72.6 Å². The third-order valence-corrected chi connectivity index (χ3v) is 5.75. The van der Waals surface area contributed by atoms with Crippen molar-refractivity contribution in [1.29, 1.82) is 0 Å². The van der Waals surface area contributed by atoms with Crippen LogP contribution < -0.4 is 0 Å². The van der Waals surface area contributed by atoms with Gasteiger partial charge in [0.1, 0.15) is 11.5 Å². The van der Waals surface area contributed by atoms with Gasteiger partial charge >= 0.3 is 0 Å². The number of sulfonamides is 1. The van der Waals surface area contributed by atoms with E-state index in [1.807, 2.05) is 13.8 Å². The number of aryl methyl sites for hydroxylation is 2. The molecule has 0 spiro atoms. The summed E-state index contributed by atoms with van der Waals surface area (Å²) in [5, 5.41) is 0. The molecule has 2 heterocycles. The number of benzene rings is 1. The van der Waals surface area contributed by atoms with Gasteiger partial charge in [-0.3, -0.25) is 0 Å². The zero-order valence-corrected chi connectivity index (χ0v) is 14.3. The van der Waals surface area contributed by atoms with E-state index in [1.54, 1.807) is 31.2 Å². The van der Waals surface area contributed by atoms with Gasteiger partial charge in [-0.15, -0.1) is 0 Å². The number of rotatable bonds is 3. The lowest BCUT2D eigenvalue weighted by Gasteiger charge is -2.30. The summed E-state index contributed by atoms with van der Waals surface area (Å²) in [4.78, 5) is 4.61. The predicted octanol–water partition coefficient (Wildman–Crippen LogP) is 2.37. The molecule has 0 saturated carbocycles. The van der Waals surface area contributed by atoms with Gasteiger partial charge < -0.3 is 9.15 Å². The lowest BCUT2D eigenvalue weighted by atomic mass is 10.1. The molecule has 1 atom stereocenters. The molecule has 0 radical (unpaired) electrons. The third kappa shape index (κ3) is 3.17. The van der Waals surface area contributed by atoms with Gasteiger partial charge in [0.15, 0.2) is 5.89 Å². The molecular weight excluding hydrogens is 316 g/mol. The van der Waals surface area contributed by atoms with E-state index in [4.69, 9.17) is 9.15 Å². The first-order valence-corrected chi connectivity index (χ1v) is 8.98. The predicted molar refractivity (Wildman–Crippen MR) is 85.6 cm³/mol. The fourth-order valence-corrected chi connectivity index (χ4v) is 4.23. The van der Waals surface area contributed by atoms with Gasteiger partial charge in [-0.1, -0.05) is 12.1 Å². The summed E-state index contributed by atoms with van der Waals surface area (Å²) in [6.45, 7) is 6.70. The van der Waals surface area contributed by atoms with E-state index in [1.165, 1.54) is 4.31 Å². The fraction of sp³-hybridized carbons (Fsp3) is 0.438. The highest BCUT2D eigenvalue weighted by Crippen LogP contribution is 2.26. The highest BCUT2D eigenvalue weighted by molar-refractivity contribution is 7.89. The quantitative estimate of drug-likeness (QED) is 0.860. The summed E-state index contributed by atoms with van der Waals surface area (Å²) in [5.41, 5.74) is 1.58. The van der Waals surface area contributed by atoms with Crippen LogP contribution in [0.4, 0.5) is 0 Å². The van der Waals surface area contributed by atoms with Crippen LogP contribution in [-0.2, 0) is 14.8 Å². The van der Waals surface area contributed by atoms with Crippen molar-refractivity contribution in [3.8, 4) is 11.3 Å². The average Bonchev–Trinajstić information content (AvgIpc) is 2.86. The summed E-state index contributed by atoms with van der Waals surface area (Å²) in [6, 6.07) is 6.77. The molecule has 1 saturated heterocycles. The van der Waals surface area contributed by atoms with Crippen LogP contribution in [0.25, 0.3) is 11.3 Å². The van der Waals surface area contributed by atoms with E-state index in [0.29, 0.717) is 25.6 Å². The Kier molecular flexibility index (Phi) is 4.27. The minimum Gasteiger partial charge on any atom is -0.446 e. The number of hydrogen-bond acceptors (Lipinski definition) is 5. The van der Waals surface area contributed by atoms with Gasteiger partial charge in [-0.2, -0.15) is 4.31 Å². The Morgan fingerprint density at radius 1 is 1.22 bits per heavy atom. The Hall–Kier alpha value is -1.70. The molecule has 1 unspecified atom stereocenters. The molecule has 1 aliphatic heterocycles. The summed E-state index contributed by atoms with van der Waals surface area (Å²) in [5.74, 6) is 1.32. The van der Waals surface area contributed by atoms with Gasteiger partial charge in [0.2, 0.25) is 10.0 Å². The van der Waals surface area contributed by atoms with Crippen LogP contribution >= 0.6 is 0 Å². The zero-order valence-electron chi connectivity index (χ0n) is 13.4. The Morgan fingerprint density at radius 3 is 2.48 bits per heavy atom. The summed E-state index contributed by atoms with van der Waals surface area (Å²) >= 11 is 0. The van der Waals surface area contributed by atoms with E-state index in [-0.39, 0.29) is 11.0 Å².